The molecule has 1 aliphatic heterocycles. The molecule has 8 nitrogen and oxygen atoms in total. The molecule has 7 rings (SSSR count). The molecule has 0 saturated carbocycles. The number of rotatable bonds is 14. The normalized spacial score (nSPS) is 20.3. The first-order valence-electron chi connectivity index (χ1n) is 16.8. The van der Waals surface area contributed by atoms with E-state index < -0.39 is 64.9 Å². The summed E-state index contributed by atoms with van der Waals surface area (Å²) in [5, 5.41) is 7.67. The van der Waals surface area contributed by atoms with Gasteiger partial charge in [0, 0.05) is 0 Å². The second kappa shape index (κ2) is 16.6. The van der Waals surface area contributed by atoms with Gasteiger partial charge in [0.2, 0.25) is 0 Å². The molecule has 0 amide bonds. The molecule has 0 N–H and O–H groups in total. The minimum Gasteiger partial charge on any atom is -0.374 e. The molecule has 52 heavy (non-hydrogen) atoms. The maximum absolute atomic E-state index is 15.5. The van der Waals surface area contributed by atoms with Crippen LogP contribution < -0.4 is 0 Å². The maximum Gasteiger partial charge on any atom is 0.199 e. The van der Waals surface area contributed by atoms with E-state index >= 15 is 4.39 Å². The van der Waals surface area contributed by atoms with Crippen molar-refractivity contribution in [2.24, 2.45) is 0 Å². The lowest BCUT2D eigenvalue weighted by Gasteiger charge is -2.46. The molecule has 2 heterocycles. The molecule has 0 aliphatic carbocycles. The Labute approximate surface area is 297 Å². The Morgan fingerprint density at radius 1 is 0.519 bits per heavy atom. The van der Waals surface area contributed by atoms with Crippen LogP contribution in [0.3, 0.4) is 0 Å². The lowest BCUT2D eigenvalue weighted by Crippen LogP contribution is -2.59. The standard InChI is InChI=1S/C40H35F4N3O5/c41-31-32(42)34(44)36-35(33(31)43)45-46-47(36)40-39(51-24-29-19-11-4-12-20-29)38(50-23-28-17-9-3-10-18-28)37(49-22-27-15-7-2-8-16-27)30(52-40)25-48-21-26-13-5-1-6-14-26/h1-20,30,37-40H,21-25H2/t30-,37-,38+,39-,40-/m1/s1. The molecule has 0 radical (unpaired) electrons. The zero-order chi connectivity index (χ0) is 35.9. The smallest absolute Gasteiger partial charge is 0.199 e. The van der Waals surface area contributed by atoms with Gasteiger partial charge in [0.05, 0.1) is 33.0 Å². The molecule has 268 valence electrons. The predicted molar refractivity (Wildman–Crippen MR) is 182 cm³/mol. The van der Waals surface area contributed by atoms with Crippen LogP contribution in [0.5, 0.6) is 0 Å². The molecule has 1 saturated heterocycles. The van der Waals surface area contributed by atoms with Crippen LogP contribution in [0.2, 0.25) is 0 Å². The van der Waals surface area contributed by atoms with E-state index in [9.17, 15) is 13.2 Å². The first-order valence-corrected chi connectivity index (χ1v) is 16.8. The summed E-state index contributed by atoms with van der Waals surface area (Å²) in [6.07, 6.45) is -5.23. The van der Waals surface area contributed by atoms with Crippen LogP contribution in [0.4, 0.5) is 17.6 Å². The number of hydrogen-bond donors (Lipinski definition) is 0. The average Bonchev–Trinajstić information content (AvgIpc) is 3.64. The van der Waals surface area contributed by atoms with Gasteiger partial charge >= 0.3 is 0 Å². The summed E-state index contributed by atoms with van der Waals surface area (Å²) in [6.45, 7) is 0.531. The zero-order valence-corrected chi connectivity index (χ0v) is 27.9. The number of fused-ring (bicyclic) bond motifs is 1. The first kappa shape index (κ1) is 35.4. The summed E-state index contributed by atoms with van der Waals surface area (Å²) in [6, 6.07) is 37.8. The second-order valence-electron chi connectivity index (χ2n) is 12.3. The summed E-state index contributed by atoms with van der Waals surface area (Å²) in [7, 11) is 0. The van der Waals surface area contributed by atoms with Crippen molar-refractivity contribution in [1.29, 1.82) is 0 Å². The first-order chi connectivity index (χ1) is 25.5. The van der Waals surface area contributed by atoms with Crippen LogP contribution >= 0.6 is 0 Å². The van der Waals surface area contributed by atoms with Gasteiger partial charge in [-0.25, -0.2) is 22.2 Å². The Hall–Kier alpha value is -4.98. The van der Waals surface area contributed by atoms with Gasteiger partial charge in [-0.15, -0.1) is 5.10 Å². The fourth-order valence-corrected chi connectivity index (χ4v) is 6.19. The Kier molecular flexibility index (Phi) is 11.3. The van der Waals surface area contributed by atoms with E-state index in [1.54, 1.807) is 0 Å². The Morgan fingerprint density at radius 3 is 1.48 bits per heavy atom. The molecular formula is C40H35F4N3O5. The number of hydrogen-bond acceptors (Lipinski definition) is 7. The number of nitrogens with zero attached hydrogens (tertiary/aromatic N) is 3. The lowest BCUT2D eigenvalue weighted by atomic mass is 9.96. The SMILES string of the molecule is Fc1c(F)c(F)c2c(nnn2[C@@H]2O[C@H](COCc3ccccc3)[C@@H](OCc3ccccc3)[C@H](OCc3ccccc3)[C@H]2OCc2ccccc2)c1F. The van der Waals surface area contributed by atoms with Crippen molar-refractivity contribution in [3.63, 3.8) is 0 Å². The van der Waals surface area contributed by atoms with Gasteiger partial charge in [-0.1, -0.05) is 127 Å². The third-order valence-electron chi connectivity index (χ3n) is 8.79. The quantitative estimate of drug-likeness (QED) is 0.0647. The molecule has 0 unspecified atom stereocenters. The molecule has 6 aromatic rings. The number of aromatic nitrogens is 3. The van der Waals surface area contributed by atoms with Crippen LogP contribution in [0.25, 0.3) is 11.0 Å². The van der Waals surface area contributed by atoms with E-state index in [1.807, 2.05) is 121 Å². The maximum atomic E-state index is 15.5. The highest BCUT2D eigenvalue weighted by Crippen LogP contribution is 2.38. The largest absolute Gasteiger partial charge is 0.374 e. The molecule has 5 aromatic carbocycles. The van der Waals surface area contributed by atoms with Crippen molar-refractivity contribution in [3.05, 3.63) is 167 Å². The molecule has 0 bridgehead atoms. The molecule has 5 atom stereocenters. The highest BCUT2D eigenvalue weighted by molar-refractivity contribution is 5.76. The predicted octanol–water partition coefficient (Wildman–Crippen LogP) is 7.86. The Balaban J connectivity index is 1.31. The van der Waals surface area contributed by atoms with Crippen molar-refractivity contribution in [1.82, 2.24) is 15.0 Å². The summed E-state index contributed by atoms with van der Waals surface area (Å²) >= 11 is 0. The molecule has 1 aromatic heterocycles. The van der Waals surface area contributed by atoms with Gasteiger partial charge < -0.3 is 23.7 Å². The van der Waals surface area contributed by atoms with Gasteiger partial charge in [-0.2, -0.15) is 0 Å². The highest BCUT2D eigenvalue weighted by Gasteiger charge is 2.50. The molecule has 1 aliphatic rings. The molecular weight excluding hydrogens is 678 g/mol. The number of halogens is 4. The third kappa shape index (κ3) is 7.91. The van der Waals surface area contributed by atoms with Gasteiger partial charge in [0.15, 0.2) is 35.0 Å². The fourth-order valence-electron chi connectivity index (χ4n) is 6.19. The minimum absolute atomic E-state index is 0.0338. The number of ether oxygens (including phenoxy) is 5. The molecule has 1 fully saturated rings. The van der Waals surface area contributed by atoms with Crippen LogP contribution in [-0.2, 0) is 50.1 Å². The topological polar surface area (TPSA) is 76.9 Å². The van der Waals surface area contributed by atoms with Gasteiger partial charge in [0.1, 0.15) is 29.9 Å². The van der Waals surface area contributed by atoms with Crippen LogP contribution in [0.1, 0.15) is 28.5 Å². The van der Waals surface area contributed by atoms with Crippen molar-refractivity contribution in [2.75, 3.05) is 6.61 Å². The summed E-state index contributed by atoms with van der Waals surface area (Å²) in [5.41, 5.74) is 1.91. The molecule has 0 spiro atoms. The van der Waals surface area contributed by atoms with Gasteiger partial charge in [0.25, 0.3) is 0 Å². The van der Waals surface area contributed by atoms with Crippen LogP contribution in [-0.4, -0.2) is 46.0 Å². The van der Waals surface area contributed by atoms with E-state index in [4.69, 9.17) is 23.7 Å². The molecule has 12 heteroatoms. The highest BCUT2D eigenvalue weighted by atomic mass is 19.2. The van der Waals surface area contributed by atoms with Crippen molar-refractivity contribution >= 4 is 11.0 Å². The van der Waals surface area contributed by atoms with E-state index in [0.717, 1.165) is 26.9 Å². The summed E-state index contributed by atoms with van der Waals surface area (Å²) < 4.78 is 93.0. The van der Waals surface area contributed by atoms with Crippen molar-refractivity contribution < 1.29 is 41.2 Å². The minimum atomic E-state index is -2.00. The van der Waals surface area contributed by atoms with Crippen LogP contribution in [0, 0.1) is 23.3 Å². The summed E-state index contributed by atoms with van der Waals surface area (Å²) in [5.74, 6) is -7.36. The van der Waals surface area contributed by atoms with E-state index in [-0.39, 0.29) is 33.0 Å². The zero-order valence-electron chi connectivity index (χ0n) is 27.9. The Bertz CT molecular complexity index is 2040. The van der Waals surface area contributed by atoms with Gasteiger partial charge in [-0.05, 0) is 22.3 Å². The van der Waals surface area contributed by atoms with E-state index in [0.29, 0.717) is 0 Å². The fraction of sp³-hybridized carbons (Fsp3) is 0.250. The number of benzene rings is 5. The van der Waals surface area contributed by atoms with Crippen LogP contribution in [0.15, 0.2) is 121 Å². The van der Waals surface area contributed by atoms with Gasteiger partial charge in [-0.3, -0.25) is 0 Å². The second-order valence-corrected chi connectivity index (χ2v) is 12.3. The lowest BCUT2D eigenvalue weighted by molar-refractivity contribution is -0.291. The van der Waals surface area contributed by atoms with Crippen molar-refractivity contribution in [3.8, 4) is 0 Å². The van der Waals surface area contributed by atoms with E-state index in [2.05, 4.69) is 10.3 Å². The van der Waals surface area contributed by atoms with Crippen molar-refractivity contribution in [2.45, 2.75) is 57.1 Å². The van der Waals surface area contributed by atoms with E-state index in [1.165, 1.54) is 0 Å². The average molecular weight is 714 g/mol. The monoisotopic (exact) mass is 713 g/mol. The summed E-state index contributed by atoms with van der Waals surface area (Å²) in [4.78, 5) is 0. The third-order valence-corrected chi connectivity index (χ3v) is 8.79. The Morgan fingerprint density at radius 2 is 0.962 bits per heavy atom.